The van der Waals surface area contributed by atoms with E-state index in [1.165, 1.54) is 13.2 Å². The van der Waals surface area contributed by atoms with Gasteiger partial charge >= 0.3 is 0 Å². The lowest BCUT2D eigenvalue weighted by atomic mass is 9.99. The van der Waals surface area contributed by atoms with Crippen LogP contribution >= 0.6 is 11.6 Å². The Balaban J connectivity index is 1.82. The highest BCUT2D eigenvalue weighted by Gasteiger charge is 2.31. The van der Waals surface area contributed by atoms with Gasteiger partial charge in [0.2, 0.25) is 5.76 Å². The molecule has 0 spiro atoms. The monoisotopic (exact) mass is 412 g/mol. The number of nitrogens with zero attached hydrogens (tertiary/aromatic N) is 3. The Morgan fingerprint density at radius 3 is 2.66 bits per heavy atom. The highest BCUT2D eigenvalue weighted by molar-refractivity contribution is 6.38. The van der Waals surface area contributed by atoms with Gasteiger partial charge < -0.3 is 24.6 Å². The minimum atomic E-state index is -0.470. The Labute approximate surface area is 171 Å². The van der Waals surface area contributed by atoms with Gasteiger partial charge in [-0.2, -0.15) is 0 Å². The number of aliphatic hydroxyl groups is 1. The molecule has 1 aliphatic heterocycles. The SMILES string of the molecule is COc1cc(/C(O)=C2\C(=O)Nc3cc(Cl)c(-c4ccc(N(C)C)nc4)cc32)on1. The first kappa shape index (κ1) is 18.8. The predicted octanol–water partition coefficient (Wildman–Crippen LogP) is 3.84. The fourth-order valence-electron chi connectivity index (χ4n) is 3.05. The standard InChI is InChI=1S/C20H17ClN4O4/c1-25(2)16-5-4-10(9-22-16)11-6-12-14(7-13(11)21)23-20(27)18(12)19(26)15-8-17(28-3)24-29-15/h4-9,26H,1-3H3,(H,23,27)/b19-18+. The molecule has 1 aromatic carbocycles. The van der Waals surface area contributed by atoms with Crippen molar-refractivity contribution in [2.24, 2.45) is 0 Å². The van der Waals surface area contributed by atoms with E-state index in [9.17, 15) is 9.90 Å². The second-order valence-corrected chi connectivity index (χ2v) is 7.00. The van der Waals surface area contributed by atoms with Crippen LogP contribution in [-0.2, 0) is 4.79 Å². The van der Waals surface area contributed by atoms with Gasteiger partial charge in [0.15, 0.2) is 5.76 Å². The molecule has 1 aliphatic rings. The van der Waals surface area contributed by atoms with Crippen LogP contribution in [0.3, 0.4) is 0 Å². The highest BCUT2D eigenvalue weighted by atomic mass is 35.5. The van der Waals surface area contributed by atoms with Crippen molar-refractivity contribution in [3.8, 4) is 17.0 Å². The van der Waals surface area contributed by atoms with Crippen molar-refractivity contribution in [1.29, 1.82) is 0 Å². The predicted molar refractivity (Wildman–Crippen MR) is 110 cm³/mol. The third-order valence-corrected chi connectivity index (χ3v) is 4.85. The van der Waals surface area contributed by atoms with Crippen molar-refractivity contribution in [1.82, 2.24) is 10.1 Å². The molecule has 148 valence electrons. The fraction of sp³-hybridized carbons (Fsp3) is 0.150. The Kier molecular flexibility index (Phi) is 4.63. The van der Waals surface area contributed by atoms with Crippen molar-refractivity contribution < 1.29 is 19.2 Å². The number of anilines is 2. The van der Waals surface area contributed by atoms with E-state index in [-0.39, 0.29) is 23.0 Å². The van der Waals surface area contributed by atoms with Gasteiger partial charge in [0.1, 0.15) is 5.82 Å². The van der Waals surface area contributed by atoms with Crippen molar-refractivity contribution in [2.75, 3.05) is 31.4 Å². The summed E-state index contributed by atoms with van der Waals surface area (Å²) >= 11 is 6.45. The molecule has 0 unspecified atom stereocenters. The van der Waals surface area contributed by atoms with E-state index in [1.807, 2.05) is 31.1 Å². The highest BCUT2D eigenvalue weighted by Crippen LogP contribution is 2.42. The molecule has 0 fully saturated rings. The minimum Gasteiger partial charge on any atom is -0.504 e. The summed E-state index contributed by atoms with van der Waals surface area (Å²) in [5.74, 6) is 0.205. The number of nitrogens with one attached hydrogen (secondary N) is 1. The zero-order chi connectivity index (χ0) is 20.7. The van der Waals surface area contributed by atoms with Gasteiger partial charge in [-0.3, -0.25) is 4.79 Å². The largest absolute Gasteiger partial charge is 0.504 e. The van der Waals surface area contributed by atoms with E-state index < -0.39 is 5.91 Å². The number of rotatable bonds is 4. The molecule has 0 aliphatic carbocycles. The van der Waals surface area contributed by atoms with Crippen LogP contribution in [0.25, 0.3) is 22.5 Å². The quantitative estimate of drug-likeness (QED) is 0.496. The number of aromatic nitrogens is 2. The summed E-state index contributed by atoms with van der Waals surface area (Å²) in [6.07, 6.45) is 1.71. The van der Waals surface area contributed by atoms with E-state index in [1.54, 1.807) is 18.3 Å². The number of hydrogen-bond donors (Lipinski definition) is 2. The lowest BCUT2D eigenvalue weighted by Crippen LogP contribution is -2.10. The van der Waals surface area contributed by atoms with Gasteiger partial charge in [-0.05, 0) is 29.4 Å². The number of halogens is 1. The number of carbonyl (C=O) groups is 1. The summed E-state index contributed by atoms with van der Waals surface area (Å²) in [7, 11) is 5.23. The normalized spacial score (nSPS) is 14.4. The van der Waals surface area contributed by atoms with Gasteiger partial charge in [-0.15, -0.1) is 0 Å². The number of hydrogen-bond acceptors (Lipinski definition) is 7. The third kappa shape index (κ3) is 3.27. The summed E-state index contributed by atoms with van der Waals surface area (Å²) in [5.41, 5.74) is 2.52. The lowest BCUT2D eigenvalue weighted by molar-refractivity contribution is -0.110. The molecule has 2 N–H and O–H groups in total. The number of pyridine rings is 1. The molecule has 2 aromatic heterocycles. The number of fused-ring (bicyclic) bond motifs is 1. The van der Waals surface area contributed by atoms with Gasteiger partial charge in [0.25, 0.3) is 11.8 Å². The third-order valence-electron chi connectivity index (χ3n) is 4.54. The first-order valence-corrected chi connectivity index (χ1v) is 9.00. The molecule has 0 bridgehead atoms. The van der Waals surface area contributed by atoms with E-state index in [2.05, 4.69) is 15.5 Å². The topological polar surface area (TPSA) is 101 Å². The molecule has 1 amide bonds. The van der Waals surface area contributed by atoms with Crippen LogP contribution in [0.4, 0.5) is 11.5 Å². The molecule has 0 radical (unpaired) electrons. The Bertz CT molecular complexity index is 1140. The summed E-state index contributed by atoms with van der Waals surface area (Å²) in [6.45, 7) is 0. The number of benzene rings is 1. The molecule has 0 saturated heterocycles. The van der Waals surface area contributed by atoms with Gasteiger partial charge in [0, 0.05) is 37.0 Å². The Morgan fingerprint density at radius 2 is 2.03 bits per heavy atom. The fourth-order valence-corrected chi connectivity index (χ4v) is 3.32. The molecule has 0 atom stereocenters. The number of carbonyl (C=O) groups excluding carboxylic acids is 1. The molecule has 4 rings (SSSR count). The molecule has 29 heavy (non-hydrogen) atoms. The van der Waals surface area contributed by atoms with Crippen molar-refractivity contribution in [3.63, 3.8) is 0 Å². The molecule has 9 heteroatoms. The first-order valence-electron chi connectivity index (χ1n) is 8.62. The number of methoxy groups -OCH3 is 1. The van der Waals surface area contributed by atoms with Crippen LogP contribution in [0.1, 0.15) is 11.3 Å². The maximum Gasteiger partial charge on any atom is 0.260 e. The van der Waals surface area contributed by atoms with E-state index >= 15 is 0 Å². The zero-order valence-corrected chi connectivity index (χ0v) is 16.6. The number of ether oxygens (including phenoxy) is 1. The molecular formula is C20H17ClN4O4. The maximum absolute atomic E-state index is 12.5. The number of aliphatic hydroxyl groups excluding tert-OH is 1. The van der Waals surface area contributed by atoms with Crippen LogP contribution in [0.15, 0.2) is 41.1 Å². The molecule has 8 nitrogen and oxygen atoms in total. The Morgan fingerprint density at radius 1 is 1.24 bits per heavy atom. The van der Waals surface area contributed by atoms with Crippen LogP contribution in [-0.4, -0.2) is 42.4 Å². The second-order valence-electron chi connectivity index (χ2n) is 6.59. The van der Waals surface area contributed by atoms with Crippen molar-refractivity contribution in [3.05, 3.63) is 52.9 Å². The average Bonchev–Trinajstić information content (AvgIpc) is 3.30. The van der Waals surface area contributed by atoms with Gasteiger partial charge in [-0.1, -0.05) is 11.6 Å². The van der Waals surface area contributed by atoms with Crippen LogP contribution in [0.2, 0.25) is 5.02 Å². The summed E-state index contributed by atoms with van der Waals surface area (Å²) in [5, 5.41) is 17.5. The van der Waals surface area contributed by atoms with Gasteiger partial charge in [-0.25, -0.2) is 4.98 Å². The van der Waals surface area contributed by atoms with Crippen molar-refractivity contribution in [2.45, 2.75) is 0 Å². The maximum atomic E-state index is 12.5. The van der Waals surface area contributed by atoms with E-state index in [4.69, 9.17) is 20.9 Å². The number of amides is 1. The summed E-state index contributed by atoms with van der Waals surface area (Å²) in [6, 6.07) is 8.54. The smallest absolute Gasteiger partial charge is 0.260 e. The van der Waals surface area contributed by atoms with E-state index in [0.29, 0.717) is 21.8 Å². The first-order chi connectivity index (χ1) is 13.9. The van der Waals surface area contributed by atoms with Crippen LogP contribution in [0.5, 0.6) is 5.88 Å². The average molecular weight is 413 g/mol. The van der Waals surface area contributed by atoms with Crippen molar-refractivity contribution >= 4 is 40.3 Å². The molecule has 3 heterocycles. The van der Waals surface area contributed by atoms with E-state index in [0.717, 1.165) is 11.4 Å². The second kappa shape index (κ2) is 7.14. The zero-order valence-electron chi connectivity index (χ0n) is 15.9. The van der Waals surface area contributed by atoms with Gasteiger partial charge in [0.05, 0.1) is 29.5 Å². The van der Waals surface area contributed by atoms with Crippen LogP contribution < -0.4 is 15.0 Å². The molecular weight excluding hydrogens is 396 g/mol. The summed E-state index contributed by atoms with van der Waals surface area (Å²) < 4.78 is 10.0. The lowest BCUT2D eigenvalue weighted by Gasteiger charge is -2.12. The minimum absolute atomic E-state index is 0.0216. The Hall–Kier alpha value is -3.52. The summed E-state index contributed by atoms with van der Waals surface area (Å²) in [4.78, 5) is 18.8. The molecule has 0 saturated carbocycles. The van der Waals surface area contributed by atoms with Crippen LogP contribution in [0, 0.1) is 0 Å². The molecule has 3 aromatic rings.